The van der Waals surface area contributed by atoms with Crippen LogP contribution in [0, 0.1) is 0 Å². The van der Waals surface area contributed by atoms with Gasteiger partial charge in [-0.25, -0.2) is 4.98 Å². The monoisotopic (exact) mass is 385 g/mol. The lowest BCUT2D eigenvalue weighted by molar-refractivity contribution is -0.119. The predicted molar refractivity (Wildman–Crippen MR) is 104 cm³/mol. The van der Waals surface area contributed by atoms with Crippen molar-refractivity contribution >= 4 is 32.6 Å². The number of carbonyl (C=O) groups excluding carboxylic acids is 1. The van der Waals surface area contributed by atoms with Crippen LogP contribution in [0.4, 0.5) is 5.13 Å². The summed E-state index contributed by atoms with van der Waals surface area (Å²) >= 11 is 1.53. The van der Waals surface area contributed by atoms with Gasteiger partial charge in [0, 0.05) is 13.6 Å². The van der Waals surface area contributed by atoms with E-state index in [1.54, 1.807) is 7.11 Å². The second-order valence-corrected chi connectivity index (χ2v) is 7.13. The molecule has 0 aliphatic carbocycles. The summed E-state index contributed by atoms with van der Waals surface area (Å²) in [5.74, 6) is 2.09. The molecule has 4 rings (SSSR count). The van der Waals surface area contributed by atoms with Crippen LogP contribution >= 0.6 is 11.3 Å². The summed E-state index contributed by atoms with van der Waals surface area (Å²) in [5, 5.41) is 3.69. The van der Waals surface area contributed by atoms with Gasteiger partial charge in [0.1, 0.15) is 11.3 Å². The third kappa shape index (κ3) is 3.61. The van der Waals surface area contributed by atoms with E-state index in [9.17, 15) is 4.79 Å². The Morgan fingerprint density at radius 3 is 3.00 bits per heavy atom. The molecule has 3 aromatic rings. The largest absolute Gasteiger partial charge is 0.494 e. The molecule has 0 saturated heterocycles. The van der Waals surface area contributed by atoms with Crippen molar-refractivity contribution in [3.05, 3.63) is 42.0 Å². The SMILES string of the molecule is COc1cccc2sc(N(C)CC(=O)NCc3ccc4c(c3)OCO4)nc12. The van der Waals surface area contributed by atoms with Gasteiger partial charge in [0.2, 0.25) is 12.7 Å². The summed E-state index contributed by atoms with van der Waals surface area (Å²) in [6.45, 7) is 0.882. The number of likely N-dealkylation sites (N-methyl/N-ethyl adjacent to an activating group) is 1. The summed E-state index contributed by atoms with van der Waals surface area (Å²) in [5.41, 5.74) is 1.77. The molecule has 1 amide bonds. The van der Waals surface area contributed by atoms with Crippen LogP contribution in [0.5, 0.6) is 17.2 Å². The molecule has 0 saturated carbocycles. The van der Waals surface area contributed by atoms with Gasteiger partial charge in [-0.05, 0) is 29.8 Å². The first kappa shape index (κ1) is 17.4. The van der Waals surface area contributed by atoms with E-state index in [0.29, 0.717) is 12.3 Å². The zero-order chi connectivity index (χ0) is 18.8. The van der Waals surface area contributed by atoms with Gasteiger partial charge in [-0.15, -0.1) is 0 Å². The lowest BCUT2D eigenvalue weighted by Crippen LogP contribution is -2.34. The van der Waals surface area contributed by atoms with Crippen LogP contribution in [0.15, 0.2) is 36.4 Å². The van der Waals surface area contributed by atoms with Crippen LogP contribution in [0.25, 0.3) is 10.2 Å². The van der Waals surface area contributed by atoms with Crippen molar-refractivity contribution in [1.82, 2.24) is 10.3 Å². The fourth-order valence-electron chi connectivity index (χ4n) is 2.83. The third-order valence-corrected chi connectivity index (χ3v) is 5.36. The van der Waals surface area contributed by atoms with Crippen LogP contribution in [-0.2, 0) is 11.3 Å². The molecule has 140 valence electrons. The fraction of sp³-hybridized carbons (Fsp3) is 0.263. The van der Waals surface area contributed by atoms with Crippen molar-refractivity contribution in [3.63, 3.8) is 0 Å². The second kappa shape index (κ2) is 7.32. The maximum atomic E-state index is 12.3. The molecule has 0 bridgehead atoms. The Balaban J connectivity index is 1.38. The lowest BCUT2D eigenvalue weighted by atomic mass is 10.2. The van der Waals surface area contributed by atoms with Crippen molar-refractivity contribution < 1.29 is 19.0 Å². The minimum Gasteiger partial charge on any atom is -0.494 e. The average Bonchev–Trinajstić information content (AvgIpc) is 3.32. The van der Waals surface area contributed by atoms with E-state index >= 15 is 0 Å². The molecular formula is C19H19N3O4S. The molecule has 0 unspecified atom stereocenters. The Bertz CT molecular complexity index is 988. The standard InChI is InChI=1S/C19H19N3O4S/c1-22(19-21-18-14(24-2)4-3-5-16(18)27-19)10-17(23)20-9-12-6-7-13-15(8-12)26-11-25-13/h3-8H,9-11H2,1-2H3,(H,20,23). The number of rotatable bonds is 6. The minimum atomic E-state index is -0.0820. The first-order chi connectivity index (χ1) is 13.1. The number of thiazole rings is 1. The highest BCUT2D eigenvalue weighted by molar-refractivity contribution is 7.22. The molecule has 0 spiro atoms. The van der Waals surface area contributed by atoms with Gasteiger partial charge >= 0.3 is 0 Å². The van der Waals surface area contributed by atoms with Gasteiger partial charge in [-0.3, -0.25) is 4.79 Å². The number of hydrogen-bond acceptors (Lipinski definition) is 7. The van der Waals surface area contributed by atoms with Crippen molar-refractivity contribution in [2.45, 2.75) is 6.54 Å². The summed E-state index contributed by atoms with van der Waals surface area (Å²) in [7, 11) is 3.48. The molecule has 0 fully saturated rings. The minimum absolute atomic E-state index is 0.0820. The van der Waals surface area contributed by atoms with Crippen LogP contribution in [0.1, 0.15) is 5.56 Å². The number of anilines is 1. The Morgan fingerprint density at radius 2 is 2.15 bits per heavy atom. The molecular weight excluding hydrogens is 366 g/mol. The van der Waals surface area contributed by atoms with Gasteiger partial charge in [0.25, 0.3) is 0 Å². The normalized spacial score (nSPS) is 12.2. The maximum absolute atomic E-state index is 12.3. The lowest BCUT2D eigenvalue weighted by Gasteiger charge is -2.15. The smallest absolute Gasteiger partial charge is 0.239 e. The number of hydrogen-bond donors (Lipinski definition) is 1. The number of amides is 1. The molecule has 1 aliphatic heterocycles. The van der Waals surface area contributed by atoms with E-state index in [4.69, 9.17) is 14.2 Å². The number of fused-ring (bicyclic) bond motifs is 2. The predicted octanol–water partition coefficient (Wildman–Crippen LogP) is 2.79. The van der Waals surface area contributed by atoms with Gasteiger partial charge in [0.15, 0.2) is 16.6 Å². The van der Waals surface area contributed by atoms with Gasteiger partial charge in [0.05, 0.1) is 18.4 Å². The van der Waals surface area contributed by atoms with Crippen LogP contribution in [-0.4, -0.2) is 38.4 Å². The molecule has 1 N–H and O–H groups in total. The zero-order valence-electron chi connectivity index (χ0n) is 15.0. The number of benzene rings is 2. The van der Waals surface area contributed by atoms with Crippen LogP contribution in [0.3, 0.4) is 0 Å². The van der Waals surface area contributed by atoms with Gasteiger partial charge in [-0.2, -0.15) is 0 Å². The van der Waals surface area contributed by atoms with Gasteiger partial charge < -0.3 is 24.4 Å². The van der Waals surface area contributed by atoms with E-state index in [1.807, 2.05) is 48.3 Å². The van der Waals surface area contributed by atoms with Crippen molar-refractivity contribution in [2.75, 3.05) is 32.4 Å². The Hall–Kier alpha value is -3.00. The average molecular weight is 385 g/mol. The topological polar surface area (TPSA) is 72.9 Å². The first-order valence-electron chi connectivity index (χ1n) is 8.44. The molecule has 2 heterocycles. The molecule has 7 nitrogen and oxygen atoms in total. The quantitative estimate of drug-likeness (QED) is 0.703. The number of nitrogens with one attached hydrogen (secondary N) is 1. The van der Waals surface area contributed by atoms with E-state index in [1.165, 1.54) is 11.3 Å². The van der Waals surface area contributed by atoms with E-state index in [-0.39, 0.29) is 19.2 Å². The summed E-state index contributed by atoms with van der Waals surface area (Å²) < 4.78 is 17.0. The third-order valence-electron chi connectivity index (χ3n) is 4.22. The van der Waals surface area contributed by atoms with E-state index < -0.39 is 0 Å². The highest BCUT2D eigenvalue weighted by atomic mass is 32.1. The molecule has 0 radical (unpaired) electrons. The molecule has 27 heavy (non-hydrogen) atoms. The summed E-state index contributed by atoms with van der Waals surface area (Å²) in [6, 6.07) is 11.5. The zero-order valence-corrected chi connectivity index (χ0v) is 15.8. The molecule has 1 aliphatic rings. The van der Waals surface area contributed by atoms with Crippen LogP contribution < -0.4 is 24.4 Å². The molecule has 8 heteroatoms. The number of carbonyl (C=O) groups is 1. The summed E-state index contributed by atoms with van der Waals surface area (Å²) in [4.78, 5) is 18.8. The second-order valence-electron chi connectivity index (χ2n) is 6.12. The van der Waals surface area contributed by atoms with E-state index in [0.717, 1.165) is 32.4 Å². The Kier molecular flexibility index (Phi) is 4.72. The maximum Gasteiger partial charge on any atom is 0.239 e. The Labute approximate surface area is 160 Å². The Morgan fingerprint density at radius 1 is 1.30 bits per heavy atom. The van der Waals surface area contributed by atoms with Crippen molar-refractivity contribution in [2.24, 2.45) is 0 Å². The number of methoxy groups -OCH3 is 1. The first-order valence-corrected chi connectivity index (χ1v) is 9.25. The number of nitrogens with zero attached hydrogens (tertiary/aromatic N) is 2. The summed E-state index contributed by atoms with van der Waals surface area (Å²) in [6.07, 6.45) is 0. The number of ether oxygens (including phenoxy) is 3. The highest BCUT2D eigenvalue weighted by Crippen LogP contribution is 2.34. The molecule has 1 aromatic heterocycles. The molecule has 2 aromatic carbocycles. The van der Waals surface area contributed by atoms with Crippen molar-refractivity contribution in [3.8, 4) is 17.2 Å². The van der Waals surface area contributed by atoms with E-state index in [2.05, 4.69) is 10.3 Å². The highest BCUT2D eigenvalue weighted by Gasteiger charge is 2.16. The fourth-order valence-corrected chi connectivity index (χ4v) is 3.77. The van der Waals surface area contributed by atoms with Gasteiger partial charge in [-0.1, -0.05) is 23.5 Å². The molecule has 0 atom stereocenters. The van der Waals surface area contributed by atoms with Crippen molar-refractivity contribution in [1.29, 1.82) is 0 Å². The number of para-hydroxylation sites is 1. The number of aromatic nitrogens is 1. The van der Waals surface area contributed by atoms with Crippen LogP contribution in [0.2, 0.25) is 0 Å².